The highest BCUT2D eigenvalue weighted by molar-refractivity contribution is 7.89. The summed E-state index contributed by atoms with van der Waals surface area (Å²) < 4.78 is 39.4. The maximum atomic E-state index is 12.7. The zero-order valence-corrected chi connectivity index (χ0v) is 16.4. The van der Waals surface area contributed by atoms with Crippen LogP contribution < -0.4 is 19.1 Å². The van der Waals surface area contributed by atoms with Gasteiger partial charge in [-0.25, -0.2) is 13.1 Å². The van der Waals surface area contributed by atoms with Gasteiger partial charge in [0, 0.05) is 18.7 Å². The molecule has 1 N–H and O–H groups in total. The van der Waals surface area contributed by atoms with Crippen LogP contribution in [0.15, 0.2) is 47.4 Å². The lowest BCUT2D eigenvalue weighted by molar-refractivity contribution is -0.118. The van der Waals surface area contributed by atoms with Crippen LogP contribution in [0.1, 0.15) is 18.9 Å². The fraction of sp³-hybridized carbons (Fsp3) is 0.350. The first-order valence-corrected chi connectivity index (χ1v) is 10.8. The van der Waals surface area contributed by atoms with Gasteiger partial charge in [0.15, 0.2) is 11.5 Å². The molecule has 0 aromatic heterocycles. The molecule has 2 aromatic rings. The molecule has 4 rings (SSSR count). The summed E-state index contributed by atoms with van der Waals surface area (Å²) >= 11 is 0. The Morgan fingerprint density at radius 1 is 1.21 bits per heavy atom. The minimum Gasteiger partial charge on any atom is -0.486 e. The number of sulfonamides is 1. The van der Waals surface area contributed by atoms with Crippen LogP contribution in [0.4, 0.5) is 5.69 Å². The average molecular weight is 402 g/mol. The zero-order chi connectivity index (χ0) is 19.7. The van der Waals surface area contributed by atoms with Crippen LogP contribution in [0.25, 0.3) is 0 Å². The van der Waals surface area contributed by atoms with E-state index in [0.29, 0.717) is 30.9 Å². The number of nitrogens with zero attached hydrogens (tertiary/aromatic N) is 1. The van der Waals surface area contributed by atoms with Crippen molar-refractivity contribution in [3.05, 3.63) is 48.0 Å². The summed E-state index contributed by atoms with van der Waals surface area (Å²) in [5, 5.41) is 0. The van der Waals surface area contributed by atoms with E-state index in [1.165, 1.54) is 6.07 Å². The van der Waals surface area contributed by atoms with Gasteiger partial charge in [-0.3, -0.25) is 4.79 Å². The monoisotopic (exact) mass is 402 g/mol. The van der Waals surface area contributed by atoms with Gasteiger partial charge in [-0.15, -0.1) is 0 Å². The Bertz CT molecular complexity index is 1010. The minimum absolute atomic E-state index is 0.0437. The number of nitrogens with one attached hydrogen (secondary N) is 1. The number of ether oxygens (including phenoxy) is 2. The summed E-state index contributed by atoms with van der Waals surface area (Å²) in [5.41, 5.74) is 1.67. The van der Waals surface area contributed by atoms with Crippen LogP contribution in [0.3, 0.4) is 0 Å². The van der Waals surface area contributed by atoms with E-state index >= 15 is 0 Å². The van der Waals surface area contributed by atoms with Gasteiger partial charge >= 0.3 is 0 Å². The van der Waals surface area contributed by atoms with Crippen LogP contribution in [0.5, 0.6) is 11.5 Å². The van der Waals surface area contributed by atoms with Gasteiger partial charge in [0.05, 0.1) is 11.4 Å². The second kappa shape index (κ2) is 7.44. The third-order valence-corrected chi connectivity index (χ3v) is 6.35. The number of para-hydroxylation sites is 2. The van der Waals surface area contributed by atoms with Gasteiger partial charge in [-0.2, -0.15) is 0 Å². The molecule has 8 heteroatoms. The molecule has 7 nitrogen and oxygen atoms in total. The number of benzene rings is 2. The van der Waals surface area contributed by atoms with E-state index in [4.69, 9.17) is 9.47 Å². The smallest absolute Gasteiger partial charge is 0.240 e. The molecular formula is C20H22N2O5S. The Morgan fingerprint density at radius 3 is 2.79 bits per heavy atom. The molecular weight excluding hydrogens is 380 g/mol. The standard InChI is InChI=1S/C20H22N2O5S/c1-2-20(23)22-10-9-14-11-16(7-8-17(14)22)28(24,25)21-12-15-13-26-18-5-3-4-6-19(18)27-15/h3-8,11,15,21H,2,9-10,12-13H2,1H3. The normalized spacial score (nSPS) is 18.0. The van der Waals surface area contributed by atoms with Crippen molar-refractivity contribution in [2.45, 2.75) is 30.8 Å². The van der Waals surface area contributed by atoms with Crippen molar-refractivity contribution in [1.29, 1.82) is 0 Å². The van der Waals surface area contributed by atoms with E-state index in [-0.39, 0.29) is 24.0 Å². The molecule has 0 bridgehead atoms. The van der Waals surface area contributed by atoms with Crippen molar-refractivity contribution < 1.29 is 22.7 Å². The fourth-order valence-electron chi connectivity index (χ4n) is 3.44. The molecule has 2 aliphatic heterocycles. The van der Waals surface area contributed by atoms with Crippen molar-refractivity contribution in [2.75, 3.05) is 24.6 Å². The Kier molecular flexibility index (Phi) is 4.99. The van der Waals surface area contributed by atoms with Gasteiger partial charge in [0.25, 0.3) is 0 Å². The predicted octanol–water partition coefficient (Wildman–Crippen LogP) is 2.10. The molecule has 2 aliphatic rings. The zero-order valence-electron chi connectivity index (χ0n) is 15.6. The second-order valence-electron chi connectivity index (χ2n) is 6.79. The molecule has 0 saturated heterocycles. The number of carbonyl (C=O) groups excluding carboxylic acids is 1. The van der Waals surface area contributed by atoms with Crippen LogP contribution in [0, 0.1) is 0 Å². The molecule has 2 aromatic carbocycles. The lowest BCUT2D eigenvalue weighted by atomic mass is 10.2. The molecule has 1 atom stereocenters. The van der Waals surface area contributed by atoms with Crippen LogP contribution >= 0.6 is 0 Å². The highest BCUT2D eigenvalue weighted by Gasteiger charge is 2.27. The van der Waals surface area contributed by atoms with E-state index < -0.39 is 16.1 Å². The lowest BCUT2D eigenvalue weighted by Gasteiger charge is -2.26. The molecule has 0 fully saturated rings. The molecule has 0 aliphatic carbocycles. The topological polar surface area (TPSA) is 84.9 Å². The van der Waals surface area contributed by atoms with Crippen molar-refractivity contribution in [3.63, 3.8) is 0 Å². The Hall–Kier alpha value is -2.58. The van der Waals surface area contributed by atoms with E-state index in [2.05, 4.69) is 4.72 Å². The van der Waals surface area contributed by atoms with Crippen LogP contribution in [0.2, 0.25) is 0 Å². The maximum Gasteiger partial charge on any atom is 0.240 e. The molecule has 0 saturated carbocycles. The Balaban J connectivity index is 1.44. The van der Waals surface area contributed by atoms with E-state index in [1.54, 1.807) is 23.1 Å². The number of anilines is 1. The first-order valence-electron chi connectivity index (χ1n) is 9.29. The average Bonchev–Trinajstić information content (AvgIpc) is 3.15. The Morgan fingerprint density at radius 2 is 2.00 bits per heavy atom. The number of hydrogen-bond acceptors (Lipinski definition) is 5. The van der Waals surface area contributed by atoms with Crippen LogP contribution in [-0.4, -0.2) is 40.1 Å². The molecule has 28 heavy (non-hydrogen) atoms. The van der Waals surface area contributed by atoms with Crippen molar-refractivity contribution >= 4 is 21.6 Å². The number of hydrogen-bond donors (Lipinski definition) is 1. The van der Waals surface area contributed by atoms with E-state index in [9.17, 15) is 13.2 Å². The first-order chi connectivity index (χ1) is 13.5. The van der Waals surface area contributed by atoms with Crippen molar-refractivity contribution in [3.8, 4) is 11.5 Å². The fourth-order valence-corrected chi connectivity index (χ4v) is 4.56. The summed E-state index contributed by atoms with van der Waals surface area (Å²) in [6.07, 6.45) is 0.672. The quantitative estimate of drug-likeness (QED) is 0.828. The largest absolute Gasteiger partial charge is 0.486 e. The van der Waals surface area contributed by atoms with E-state index in [1.807, 2.05) is 25.1 Å². The maximum absolute atomic E-state index is 12.7. The molecule has 1 unspecified atom stereocenters. The second-order valence-corrected chi connectivity index (χ2v) is 8.56. The van der Waals surface area contributed by atoms with Crippen molar-refractivity contribution in [1.82, 2.24) is 4.72 Å². The molecule has 1 amide bonds. The van der Waals surface area contributed by atoms with Crippen molar-refractivity contribution in [2.24, 2.45) is 0 Å². The van der Waals surface area contributed by atoms with E-state index in [0.717, 1.165) is 11.3 Å². The minimum atomic E-state index is -3.69. The number of amides is 1. The van der Waals surface area contributed by atoms with Gasteiger partial charge < -0.3 is 14.4 Å². The van der Waals surface area contributed by atoms with Gasteiger partial charge in [0.2, 0.25) is 15.9 Å². The third kappa shape index (κ3) is 3.57. The highest BCUT2D eigenvalue weighted by atomic mass is 32.2. The Labute approximate surface area is 164 Å². The van der Waals surface area contributed by atoms with Gasteiger partial charge in [0.1, 0.15) is 12.7 Å². The van der Waals surface area contributed by atoms with Gasteiger partial charge in [-0.05, 0) is 42.3 Å². The lowest BCUT2D eigenvalue weighted by Crippen LogP contribution is -2.40. The summed E-state index contributed by atoms with van der Waals surface area (Å²) in [6.45, 7) is 2.79. The highest BCUT2D eigenvalue weighted by Crippen LogP contribution is 2.32. The summed E-state index contributed by atoms with van der Waals surface area (Å²) in [4.78, 5) is 13.9. The molecule has 0 radical (unpaired) electrons. The SMILES string of the molecule is CCC(=O)N1CCc2cc(S(=O)(=O)NCC3COc4ccccc4O3)ccc21. The first kappa shape index (κ1) is 18.8. The van der Waals surface area contributed by atoms with Crippen LogP contribution in [-0.2, 0) is 21.2 Å². The molecule has 0 spiro atoms. The summed E-state index contributed by atoms with van der Waals surface area (Å²) in [7, 11) is -3.69. The molecule has 2 heterocycles. The number of fused-ring (bicyclic) bond motifs is 2. The number of rotatable bonds is 5. The van der Waals surface area contributed by atoms with Gasteiger partial charge in [-0.1, -0.05) is 19.1 Å². The summed E-state index contributed by atoms with van der Waals surface area (Å²) in [5.74, 6) is 1.31. The third-order valence-electron chi connectivity index (χ3n) is 4.93. The number of carbonyl (C=O) groups is 1. The summed E-state index contributed by atoms with van der Waals surface area (Å²) in [6, 6.07) is 12.2. The molecule has 148 valence electrons. The predicted molar refractivity (Wildman–Crippen MR) is 104 cm³/mol.